The first kappa shape index (κ1) is 15.7. The quantitative estimate of drug-likeness (QED) is 0.867. The Kier molecular flexibility index (Phi) is 4.80. The molecule has 114 valence electrons. The SMILES string of the molecule is Cc1cc(C(=O)N2CCN(C)CC2C)sc1/C=C/C(=O)O. The lowest BCUT2D eigenvalue weighted by Gasteiger charge is -2.38. The number of carboxylic acids is 1. The Morgan fingerprint density at radius 1 is 1.43 bits per heavy atom. The van der Waals surface area contributed by atoms with Crippen molar-refractivity contribution < 1.29 is 14.7 Å². The Labute approximate surface area is 128 Å². The van der Waals surface area contributed by atoms with Crippen LogP contribution in [-0.2, 0) is 4.79 Å². The van der Waals surface area contributed by atoms with Crippen LogP contribution in [0, 0.1) is 6.92 Å². The Hall–Kier alpha value is -1.66. The van der Waals surface area contributed by atoms with Crippen LogP contribution in [0.4, 0.5) is 0 Å². The number of thiophene rings is 1. The van der Waals surface area contributed by atoms with Gasteiger partial charge in [-0.2, -0.15) is 0 Å². The van der Waals surface area contributed by atoms with Gasteiger partial charge >= 0.3 is 5.97 Å². The first-order chi connectivity index (χ1) is 9.88. The van der Waals surface area contributed by atoms with Crippen LogP contribution < -0.4 is 0 Å². The molecule has 1 atom stereocenters. The van der Waals surface area contributed by atoms with Crippen LogP contribution in [0.2, 0.25) is 0 Å². The fourth-order valence-electron chi connectivity index (χ4n) is 2.50. The Morgan fingerprint density at radius 3 is 2.76 bits per heavy atom. The second-order valence-corrected chi connectivity index (χ2v) is 6.52. The maximum absolute atomic E-state index is 12.6. The van der Waals surface area contributed by atoms with E-state index in [9.17, 15) is 9.59 Å². The highest BCUT2D eigenvalue weighted by Gasteiger charge is 2.27. The molecular weight excluding hydrogens is 288 g/mol. The van der Waals surface area contributed by atoms with Gasteiger partial charge in [0.15, 0.2) is 0 Å². The lowest BCUT2D eigenvalue weighted by molar-refractivity contribution is -0.131. The van der Waals surface area contributed by atoms with Crippen molar-refractivity contribution in [3.8, 4) is 0 Å². The molecule has 0 radical (unpaired) electrons. The number of aliphatic carboxylic acids is 1. The van der Waals surface area contributed by atoms with Crippen molar-refractivity contribution in [2.75, 3.05) is 26.7 Å². The molecule has 0 bridgehead atoms. The normalized spacial score (nSPS) is 20.1. The summed E-state index contributed by atoms with van der Waals surface area (Å²) in [5.74, 6) is -0.943. The van der Waals surface area contributed by atoms with Gasteiger partial charge in [0, 0.05) is 36.6 Å². The van der Waals surface area contributed by atoms with Gasteiger partial charge in [0.25, 0.3) is 5.91 Å². The number of likely N-dealkylation sites (N-methyl/N-ethyl adjacent to an activating group) is 1. The summed E-state index contributed by atoms with van der Waals surface area (Å²) in [4.78, 5) is 28.8. The predicted octanol–water partition coefficient (Wildman–Crippen LogP) is 1.93. The minimum absolute atomic E-state index is 0.0404. The standard InChI is InChI=1S/C15H20N2O3S/c1-10-8-13(21-12(10)4-5-14(18)19)15(20)17-7-6-16(3)9-11(17)2/h4-5,8,11H,6-7,9H2,1-3H3,(H,18,19)/b5-4+. The molecule has 5 nitrogen and oxygen atoms in total. The highest BCUT2D eigenvalue weighted by atomic mass is 32.1. The van der Waals surface area contributed by atoms with Gasteiger partial charge in [-0.25, -0.2) is 4.79 Å². The van der Waals surface area contributed by atoms with Crippen molar-refractivity contribution in [2.24, 2.45) is 0 Å². The lowest BCUT2D eigenvalue weighted by Crippen LogP contribution is -2.52. The van der Waals surface area contributed by atoms with Gasteiger partial charge in [0.1, 0.15) is 0 Å². The molecule has 1 fully saturated rings. The number of carboxylic acid groups (broad SMARTS) is 1. The van der Waals surface area contributed by atoms with Crippen LogP contribution in [0.15, 0.2) is 12.1 Å². The summed E-state index contributed by atoms with van der Waals surface area (Å²) in [5, 5.41) is 8.68. The number of carbonyl (C=O) groups is 2. The summed E-state index contributed by atoms with van der Waals surface area (Å²) < 4.78 is 0. The van der Waals surface area contributed by atoms with Crippen molar-refractivity contribution in [3.05, 3.63) is 27.5 Å². The summed E-state index contributed by atoms with van der Waals surface area (Å²) in [5.41, 5.74) is 0.933. The van der Waals surface area contributed by atoms with Crippen LogP contribution >= 0.6 is 11.3 Å². The fourth-order valence-corrected chi connectivity index (χ4v) is 3.53. The maximum Gasteiger partial charge on any atom is 0.328 e. The molecule has 1 aromatic heterocycles. The van der Waals surface area contributed by atoms with E-state index in [-0.39, 0.29) is 11.9 Å². The molecule has 1 N–H and O–H groups in total. The van der Waals surface area contributed by atoms with Crippen molar-refractivity contribution in [1.29, 1.82) is 0 Å². The molecule has 0 aliphatic carbocycles. The molecule has 1 amide bonds. The number of hydrogen-bond donors (Lipinski definition) is 1. The first-order valence-electron chi connectivity index (χ1n) is 6.89. The molecule has 0 spiro atoms. The third-order valence-electron chi connectivity index (χ3n) is 3.64. The van der Waals surface area contributed by atoms with E-state index in [1.54, 1.807) is 6.08 Å². The molecule has 2 heterocycles. The highest BCUT2D eigenvalue weighted by molar-refractivity contribution is 7.15. The van der Waals surface area contributed by atoms with E-state index < -0.39 is 5.97 Å². The molecule has 21 heavy (non-hydrogen) atoms. The van der Waals surface area contributed by atoms with Gasteiger partial charge in [-0.15, -0.1) is 11.3 Å². The van der Waals surface area contributed by atoms with Crippen molar-refractivity contribution in [3.63, 3.8) is 0 Å². The maximum atomic E-state index is 12.6. The Morgan fingerprint density at radius 2 is 2.14 bits per heavy atom. The van der Waals surface area contributed by atoms with E-state index in [1.807, 2.05) is 17.9 Å². The molecule has 1 unspecified atom stereocenters. The minimum Gasteiger partial charge on any atom is -0.478 e. The van der Waals surface area contributed by atoms with E-state index >= 15 is 0 Å². The van der Waals surface area contributed by atoms with Gasteiger partial charge in [0.2, 0.25) is 0 Å². The molecular formula is C15H20N2O3S. The summed E-state index contributed by atoms with van der Waals surface area (Å²) in [6, 6.07) is 2.04. The van der Waals surface area contributed by atoms with Crippen LogP contribution in [0.25, 0.3) is 6.08 Å². The third kappa shape index (κ3) is 3.71. The zero-order chi connectivity index (χ0) is 15.6. The Bertz CT molecular complexity index is 579. The summed E-state index contributed by atoms with van der Waals surface area (Å²) in [6.45, 7) is 6.43. The molecule has 0 saturated carbocycles. The van der Waals surface area contributed by atoms with Crippen LogP contribution in [-0.4, -0.2) is 59.5 Å². The van der Waals surface area contributed by atoms with E-state index in [0.29, 0.717) is 4.88 Å². The molecule has 6 heteroatoms. The van der Waals surface area contributed by atoms with E-state index in [4.69, 9.17) is 5.11 Å². The number of aryl methyl sites for hydroxylation is 1. The third-order valence-corrected chi connectivity index (χ3v) is 4.83. The number of amides is 1. The van der Waals surface area contributed by atoms with Gasteiger partial charge in [-0.1, -0.05) is 0 Å². The largest absolute Gasteiger partial charge is 0.478 e. The monoisotopic (exact) mass is 308 g/mol. The zero-order valence-electron chi connectivity index (χ0n) is 12.5. The fraction of sp³-hybridized carbons (Fsp3) is 0.467. The number of nitrogens with zero attached hydrogens (tertiary/aromatic N) is 2. The topological polar surface area (TPSA) is 60.9 Å². The summed E-state index contributed by atoms with van der Waals surface area (Å²) in [6.07, 6.45) is 2.65. The molecule has 2 rings (SSSR count). The van der Waals surface area contributed by atoms with Gasteiger partial charge < -0.3 is 14.9 Å². The summed E-state index contributed by atoms with van der Waals surface area (Å²) in [7, 11) is 2.06. The molecule has 0 aromatic carbocycles. The Balaban J connectivity index is 2.16. The minimum atomic E-state index is -0.983. The van der Waals surface area contributed by atoms with E-state index in [2.05, 4.69) is 18.9 Å². The van der Waals surface area contributed by atoms with Crippen LogP contribution in [0.1, 0.15) is 27.0 Å². The van der Waals surface area contributed by atoms with Gasteiger partial charge in [0.05, 0.1) is 4.88 Å². The van der Waals surface area contributed by atoms with E-state index in [1.165, 1.54) is 11.3 Å². The van der Waals surface area contributed by atoms with Crippen molar-refractivity contribution in [2.45, 2.75) is 19.9 Å². The van der Waals surface area contributed by atoms with Crippen LogP contribution in [0.5, 0.6) is 0 Å². The smallest absolute Gasteiger partial charge is 0.328 e. The van der Waals surface area contributed by atoms with Crippen molar-refractivity contribution in [1.82, 2.24) is 9.80 Å². The molecule has 1 aliphatic rings. The number of carbonyl (C=O) groups excluding carboxylic acids is 1. The van der Waals surface area contributed by atoms with Gasteiger partial charge in [-0.3, -0.25) is 4.79 Å². The zero-order valence-corrected chi connectivity index (χ0v) is 13.3. The van der Waals surface area contributed by atoms with Gasteiger partial charge in [-0.05, 0) is 38.6 Å². The molecule has 1 saturated heterocycles. The highest BCUT2D eigenvalue weighted by Crippen LogP contribution is 2.25. The second kappa shape index (κ2) is 6.41. The number of piperazine rings is 1. The lowest BCUT2D eigenvalue weighted by atomic mass is 10.2. The average molecular weight is 308 g/mol. The second-order valence-electron chi connectivity index (χ2n) is 5.44. The summed E-state index contributed by atoms with van der Waals surface area (Å²) >= 11 is 1.35. The van der Waals surface area contributed by atoms with Crippen LogP contribution in [0.3, 0.4) is 0 Å². The number of rotatable bonds is 3. The first-order valence-corrected chi connectivity index (χ1v) is 7.71. The number of hydrogen-bond acceptors (Lipinski definition) is 4. The van der Waals surface area contributed by atoms with Crippen molar-refractivity contribution >= 4 is 29.3 Å². The van der Waals surface area contributed by atoms with E-state index in [0.717, 1.165) is 36.2 Å². The predicted molar refractivity (Wildman–Crippen MR) is 83.7 cm³/mol. The molecule has 1 aliphatic heterocycles. The molecule has 1 aromatic rings. The average Bonchev–Trinajstić information content (AvgIpc) is 2.77.